The number of aromatic amines is 1. The molecule has 0 aliphatic carbocycles. The fourth-order valence-electron chi connectivity index (χ4n) is 2.29. The molecule has 0 unspecified atom stereocenters. The van der Waals surface area contributed by atoms with Crippen molar-refractivity contribution in [1.29, 1.82) is 0 Å². The van der Waals surface area contributed by atoms with Crippen molar-refractivity contribution in [2.24, 2.45) is 5.92 Å². The molecule has 1 aromatic heterocycles. The van der Waals surface area contributed by atoms with Gasteiger partial charge in [-0.05, 0) is 24.5 Å². The number of carbonyl (C=O) groups excluding carboxylic acids is 1. The number of aromatic nitrogens is 3. The topological polar surface area (TPSA) is 108 Å². The number of aryl methyl sites for hydroxylation is 1. The van der Waals surface area contributed by atoms with Gasteiger partial charge >= 0.3 is 5.97 Å². The number of aliphatic carboxylic acids is 1. The summed E-state index contributed by atoms with van der Waals surface area (Å²) in [5.74, 6) is 0.111. The highest BCUT2D eigenvalue weighted by molar-refractivity contribution is 5.96. The summed E-state index contributed by atoms with van der Waals surface area (Å²) in [5.41, 5.74) is 1.19. The van der Waals surface area contributed by atoms with E-state index in [1.54, 1.807) is 24.3 Å². The van der Waals surface area contributed by atoms with Crippen LogP contribution in [0.1, 0.15) is 43.4 Å². The average molecular weight is 330 g/mol. The third-order valence-corrected chi connectivity index (χ3v) is 3.58. The third-order valence-electron chi connectivity index (χ3n) is 3.58. The minimum Gasteiger partial charge on any atom is -0.480 e. The van der Waals surface area contributed by atoms with E-state index in [1.807, 2.05) is 20.8 Å². The Morgan fingerprint density at radius 3 is 2.42 bits per heavy atom. The summed E-state index contributed by atoms with van der Waals surface area (Å²) in [4.78, 5) is 27.8. The van der Waals surface area contributed by atoms with Gasteiger partial charge in [0, 0.05) is 17.5 Å². The first-order valence-corrected chi connectivity index (χ1v) is 7.96. The number of amides is 1. The van der Waals surface area contributed by atoms with Crippen LogP contribution in [0, 0.1) is 5.92 Å². The molecule has 1 amide bonds. The molecule has 0 bridgehead atoms. The van der Waals surface area contributed by atoms with Gasteiger partial charge in [-0.2, -0.15) is 5.10 Å². The smallest absolute Gasteiger partial charge is 0.326 e. The zero-order valence-corrected chi connectivity index (χ0v) is 14.0. The molecule has 0 fully saturated rings. The molecule has 0 radical (unpaired) electrons. The Bertz CT molecular complexity index is 707. The quantitative estimate of drug-likeness (QED) is 0.721. The SMILES string of the molecule is CCc1nc(-c2ccc(C(=O)N[C@@H](CC(C)C)C(=O)O)cc2)n[nH]1. The summed E-state index contributed by atoms with van der Waals surface area (Å²) in [5, 5.41) is 18.7. The molecule has 0 aliphatic heterocycles. The minimum atomic E-state index is -1.03. The first kappa shape index (κ1) is 17.7. The zero-order chi connectivity index (χ0) is 17.7. The largest absolute Gasteiger partial charge is 0.480 e. The molecule has 7 nitrogen and oxygen atoms in total. The predicted octanol–water partition coefficient (Wildman–Crippen LogP) is 2.26. The number of carboxylic acid groups (broad SMARTS) is 1. The van der Waals surface area contributed by atoms with E-state index >= 15 is 0 Å². The van der Waals surface area contributed by atoms with Crippen LogP contribution >= 0.6 is 0 Å². The number of H-pyrrole nitrogens is 1. The molecule has 1 aromatic carbocycles. The molecule has 2 rings (SSSR count). The second kappa shape index (κ2) is 7.72. The zero-order valence-electron chi connectivity index (χ0n) is 14.0. The van der Waals surface area contributed by atoms with Crippen LogP contribution in [0.3, 0.4) is 0 Å². The summed E-state index contributed by atoms with van der Waals surface area (Å²) in [6.07, 6.45) is 1.15. The van der Waals surface area contributed by atoms with Crippen molar-refractivity contribution in [3.05, 3.63) is 35.7 Å². The lowest BCUT2D eigenvalue weighted by molar-refractivity contribution is -0.139. The lowest BCUT2D eigenvalue weighted by atomic mass is 10.0. The number of nitrogens with zero attached hydrogens (tertiary/aromatic N) is 2. The van der Waals surface area contributed by atoms with Crippen molar-refractivity contribution in [2.45, 2.75) is 39.7 Å². The molecular formula is C17H22N4O3. The second-order valence-corrected chi connectivity index (χ2v) is 6.03. The molecule has 128 valence electrons. The van der Waals surface area contributed by atoms with Gasteiger partial charge in [0.2, 0.25) is 0 Å². The first-order valence-electron chi connectivity index (χ1n) is 7.96. The van der Waals surface area contributed by atoms with Crippen LogP contribution in [0.4, 0.5) is 0 Å². The third kappa shape index (κ3) is 4.41. The van der Waals surface area contributed by atoms with Gasteiger partial charge in [0.25, 0.3) is 5.91 Å². The van der Waals surface area contributed by atoms with Crippen LogP contribution in [-0.4, -0.2) is 38.2 Å². The summed E-state index contributed by atoms with van der Waals surface area (Å²) < 4.78 is 0. The van der Waals surface area contributed by atoms with Crippen molar-refractivity contribution in [2.75, 3.05) is 0 Å². The molecule has 0 saturated heterocycles. The van der Waals surface area contributed by atoms with Crippen molar-refractivity contribution < 1.29 is 14.7 Å². The predicted molar refractivity (Wildman–Crippen MR) is 89.5 cm³/mol. The summed E-state index contributed by atoms with van der Waals surface area (Å²) in [6.45, 7) is 5.81. The Morgan fingerprint density at radius 1 is 1.25 bits per heavy atom. The molecule has 0 saturated carbocycles. The van der Waals surface area contributed by atoms with E-state index < -0.39 is 17.9 Å². The maximum Gasteiger partial charge on any atom is 0.326 e. The molecule has 0 aliphatic rings. The van der Waals surface area contributed by atoms with E-state index in [4.69, 9.17) is 0 Å². The Hall–Kier alpha value is -2.70. The Morgan fingerprint density at radius 2 is 1.92 bits per heavy atom. The normalized spacial score (nSPS) is 12.2. The van der Waals surface area contributed by atoms with Gasteiger partial charge in [0.05, 0.1) is 0 Å². The van der Waals surface area contributed by atoms with Gasteiger partial charge in [0.15, 0.2) is 5.82 Å². The van der Waals surface area contributed by atoms with Crippen LogP contribution in [0.15, 0.2) is 24.3 Å². The fourth-order valence-corrected chi connectivity index (χ4v) is 2.29. The number of carbonyl (C=O) groups is 2. The molecule has 0 spiro atoms. The molecule has 24 heavy (non-hydrogen) atoms. The number of hydrogen-bond donors (Lipinski definition) is 3. The summed E-state index contributed by atoms with van der Waals surface area (Å²) in [7, 11) is 0. The van der Waals surface area contributed by atoms with Crippen molar-refractivity contribution in [1.82, 2.24) is 20.5 Å². The lowest BCUT2D eigenvalue weighted by Gasteiger charge is -2.16. The van der Waals surface area contributed by atoms with Gasteiger partial charge in [-0.3, -0.25) is 9.89 Å². The van der Waals surface area contributed by atoms with Crippen LogP contribution in [0.2, 0.25) is 0 Å². The Labute approximate surface area is 140 Å². The van der Waals surface area contributed by atoms with Crippen LogP contribution in [0.25, 0.3) is 11.4 Å². The maximum absolute atomic E-state index is 12.2. The van der Waals surface area contributed by atoms with E-state index in [0.717, 1.165) is 17.8 Å². The standard InChI is InChI=1S/C17H22N4O3/c1-4-14-19-15(21-20-14)11-5-7-12(8-6-11)16(22)18-13(17(23)24)9-10(2)3/h5-8,10,13H,4,9H2,1-3H3,(H,18,22)(H,23,24)(H,19,20,21)/t13-/m0/s1. The molecule has 1 atom stereocenters. The number of hydrogen-bond acceptors (Lipinski definition) is 4. The first-order chi connectivity index (χ1) is 11.4. The highest BCUT2D eigenvalue weighted by atomic mass is 16.4. The van der Waals surface area contributed by atoms with Gasteiger partial charge < -0.3 is 10.4 Å². The van der Waals surface area contributed by atoms with Gasteiger partial charge in [-0.25, -0.2) is 9.78 Å². The summed E-state index contributed by atoms with van der Waals surface area (Å²) >= 11 is 0. The Kier molecular flexibility index (Phi) is 5.68. The van der Waals surface area contributed by atoms with E-state index in [-0.39, 0.29) is 5.92 Å². The van der Waals surface area contributed by atoms with Crippen molar-refractivity contribution in [3.8, 4) is 11.4 Å². The molecule has 7 heteroatoms. The van der Waals surface area contributed by atoms with E-state index in [0.29, 0.717) is 17.8 Å². The molecule has 1 heterocycles. The van der Waals surface area contributed by atoms with Crippen LogP contribution < -0.4 is 5.32 Å². The monoisotopic (exact) mass is 330 g/mol. The number of benzene rings is 1. The fraction of sp³-hybridized carbons (Fsp3) is 0.412. The molecule has 3 N–H and O–H groups in total. The highest BCUT2D eigenvalue weighted by Gasteiger charge is 2.21. The van der Waals surface area contributed by atoms with Crippen LogP contribution in [-0.2, 0) is 11.2 Å². The molecule has 2 aromatic rings. The van der Waals surface area contributed by atoms with E-state index in [2.05, 4.69) is 20.5 Å². The Balaban J connectivity index is 2.09. The molecular weight excluding hydrogens is 308 g/mol. The minimum absolute atomic E-state index is 0.173. The van der Waals surface area contributed by atoms with Crippen LogP contribution in [0.5, 0.6) is 0 Å². The van der Waals surface area contributed by atoms with Gasteiger partial charge in [-0.15, -0.1) is 0 Å². The number of carboxylic acids is 1. The van der Waals surface area contributed by atoms with Gasteiger partial charge in [-0.1, -0.05) is 32.9 Å². The number of rotatable bonds is 7. The second-order valence-electron chi connectivity index (χ2n) is 6.03. The van der Waals surface area contributed by atoms with E-state index in [1.165, 1.54) is 0 Å². The number of nitrogens with one attached hydrogen (secondary N) is 2. The highest BCUT2D eigenvalue weighted by Crippen LogP contribution is 2.16. The van der Waals surface area contributed by atoms with Crippen molar-refractivity contribution >= 4 is 11.9 Å². The lowest BCUT2D eigenvalue weighted by Crippen LogP contribution is -2.41. The van der Waals surface area contributed by atoms with Gasteiger partial charge in [0.1, 0.15) is 11.9 Å². The summed E-state index contributed by atoms with van der Waals surface area (Å²) in [6, 6.07) is 5.88. The average Bonchev–Trinajstić information content (AvgIpc) is 3.03. The van der Waals surface area contributed by atoms with Crippen molar-refractivity contribution in [3.63, 3.8) is 0 Å². The van der Waals surface area contributed by atoms with E-state index in [9.17, 15) is 14.7 Å². The maximum atomic E-state index is 12.2.